The maximum atomic E-state index is 10.5. The minimum absolute atomic E-state index is 0.0518. The molecule has 0 aliphatic rings. The summed E-state index contributed by atoms with van der Waals surface area (Å²) in [5, 5.41) is 14.7. The molecule has 1 aromatic carbocycles. The summed E-state index contributed by atoms with van der Waals surface area (Å²) in [5.74, 6) is 0. The number of hydrogen-bond donors (Lipinski definition) is 1. The van der Waals surface area contributed by atoms with Gasteiger partial charge in [0.25, 0.3) is 5.69 Å². The van der Waals surface area contributed by atoms with E-state index in [4.69, 9.17) is 0 Å². The average molecular weight is 256 g/mol. The predicted molar refractivity (Wildman–Crippen MR) is 73.2 cm³/mol. The molecule has 1 aromatic heterocycles. The highest BCUT2D eigenvalue weighted by atomic mass is 16.6. The van der Waals surface area contributed by atoms with Crippen molar-refractivity contribution in [2.45, 2.75) is 6.92 Å². The number of nitrogens with one attached hydrogen (secondary N) is 1. The monoisotopic (exact) mass is 256 g/mol. The summed E-state index contributed by atoms with van der Waals surface area (Å²) >= 11 is 0. The van der Waals surface area contributed by atoms with Crippen LogP contribution in [0.2, 0.25) is 0 Å². The second kappa shape index (κ2) is 5.72. The van der Waals surface area contributed by atoms with Gasteiger partial charge in [0.05, 0.1) is 22.0 Å². The Hall–Kier alpha value is -2.76. The molecule has 0 unspecified atom stereocenters. The molecule has 2 rings (SSSR count). The number of anilines is 1. The summed E-state index contributed by atoms with van der Waals surface area (Å²) in [5.41, 5.74) is 5.08. The molecule has 19 heavy (non-hydrogen) atoms. The number of benzene rings is 1. The van der Waals surface area contributed by atoms with Crippen molar-refractivity contribution in [1.29, 1.82) is 0 Å². The van der Waals surface area contributed by atoms with Gasteiger partial charge in [0.2, 0.25) is 0 Å². The van der Waals surface area contributed by atoms with Gasteiger partial charge in [0.15, 0.2) is 0 Å². The zero-order valence-electron chi connectivity index (χ0n) is 10.3. The number of nitro benzene ring substituents is 1. The van der Waals surface area contributed by atoms with Crippen molar-refractivity contribution in [1.82, 2.24) is 4.98 Å². The fourth-order valence-electron chi connectivity index (χ4n) is 1.44. The second-order valence-electron chi connectivity index (χ2n) is 3.83. The van der Waals surface area contributed by atoms with Crippen LogP contribution in [0.4, 0.5) is 11.4 Å². The van der Waals surface area contributed by atoms with Crippen LogP contribution in [-0.4, -0.2) is 15.6 Å². The van der Waals surface area contributed by atoms with E-state index in [-0.39, 0.29) is 5.69 Å². The van der Waals surface area contributed by atoms with Crippen molar-refractivity contribution in [3.05, 3.63) is 64.5 Å². The van der Waals surface area contributed by atoms with E-state index in [1.165, 1.54) is 12.1 Å². The fraction of sp³-hybridized carbons (Fsp3) is 0.0769. The largest absolute Gasteiger partial charge is 0.278 e. The quantitative estimate of drug-likeness (QED) is 0.518. The van der Waals surface area contributed by atoms with E-state index in [0.717, 1.165) is 11.4 Å². The zero-order chi connectivity index (χ0) is 13.7. The summed E-state index contributed by atoms with van der Waals surface area (Å²) in [6, 6.07) is 11.6. The van der Waals surface area contributed by atoms with Crippen LogP contribution in [0.15, 0.2) is 53.8 Å². The van der Waals surface area contributed by atoms with Crippen molar-refractivity contribution in [2.24, 2.45) is 5.10 Å². The van der Waals surface area contributed by atoms with Gasteiger partial charge in [-0.25, -0.2) is 0 Å². The summed E-state index contributed by atoms with van der Waals surface area (Å²) in [6.07, 6.45) is 1.69. The molecule has 0 bridgehead atoms. The second-order valence-corrected chi connectivity index (χ2v) is 3.83. The first-order valence-electron chi connectivity index (χ1n) is 5.63. The first-order valence-corrected chi connectivity index (χ1v) is 5.63. The van der Waals surface area contributed by atoms with Gasteiger partial charge in [-0.05, 0) is 31.2 Å². The third kappa shape index (κ3) is 3.35. The third-order valence-electron chi connectivity index (χ3n) is 2.47. The fourth-order valence-corrected chi connectivity index (χ4v) is 1.44. The lowest BCUT2D eigenvalue weighted by Crippen LogP contribution is -2.01. The van der Waals surface area contributed by atoms with Gasteiger partial charge in [-0.2, -0.15) is 5.10 Å². The highest BCUT2D eigenvalue weighted by molar-refractivity contribution is 5.97. The van der Waals surface area contributed by atoms with Crippen LogP contribution >= 0.6 is 0 Å². The Morgan fingerprint density at radius 3 is 2.58 bits per heavy atom. The molecule has 0 saturated heterocycles. The smallest absolute Gasteiger partial charge is 0.269 e. The lowest BCUT2D eigenvalue weighted by atomic mass is 10.2. The first kappa shape index (κ1) is 12.7. The Morgan fingerprint density at radius 2 is 2.00 bits per heavy atom. The van der Waals surface area contributed by atoms with Gasteiger partial charge in [-0.3, -0.25) is 20.5 Å². The molecule has 0 atom stereocenters. The summed E-state index contributed by atoms with van der Waals surface area (Å²) < 4.78 is 0. The van der Waals surface area contributed by atoms with E-state index in [0.29, 0.717) is 5.69 Å². The molecule has 6 nitrogen and oxygen atoms in total. The summed E-state index contributed by atoms with van der Waals surface area (Å²) in [7, 11) is 0. The van der Waals surface area contributed by atoms with E-state index < -0.39 is 4.92 Å². The van der Waals surface area contributed by atoms with Crippen LogP contribution < -0.4 is 5.43 Å². The lowest BCUT2D eigenvalue weighted by molar-refractivity contribution is -0.384. The Balaban J connectivity index is 2.08. The average Bonchev–Trinajstić information content (AvgIpc) is 2.46. The predicted octanol–water partition coefficient (Wildman–Crippen LogP) is 2.83. The van der Waals surface area contributed by atoms with Crippen molar-refractivity contribution in [2.75, 3.05) is 5.43 Å². The van der Waals surface area contributed by atoms with Crippen molar-refractivity contribution in [3.63, 3.8) is 0 Å². The van der Waals surface area contributed by atoms with Crippen molar-refractivity contribution >= 4 is 17.1 Å². The Labute approximate surface area is 110 Å². The maximum Gasteiger partial charge on any atom is 0.269 e. The summed E-state index contributed by atoms with van der Waals surface area (Å²) in [4.78, 5) is 14.2. The minimum atomic E-state index is -0.438. The van der Waals surface area contributed by atoms with Gasteiger partial charge >= 0.3 is 0 Å². The molecule has 0 amide bonds. The molecule has 0 radical (unpaired) electrons. The number of pyridine rings is 1. The molecule has 1 heterocycles. The van der Waals surface area contributed by atoms with Crippen LogP contribution in [-0.2, 0) is 0 Å². The number of hydrazone groups is 1. The molecule has 1 N–H and O–H groups in total. The standard InChI is InChI=1S/C13H12N4O2/c1-10(13-4-2-3-9-14-13)15-16-11-5-7-12(8-6-11)17(18)19/h2-9,16H,1H3. The molecule has 0 aliphatic carbocycles. The van der Waals surface area contributed by atoms with Crippen LogP contribution in [0.25, 0.3) is 0 Å². The highest BCUT2D eigenvalue weighted by Gasteiger charge is 2.03. The number of nitro groups is 1. The Morgan fingerprint density at radius 1 is 1.26 bits per heavy atom. The topological polar surface area (TPSA) is 80.4 Å². The van der Waals surface area contributed by atoms with Gasteiger partial charge in [-0.15, -0.1) is 0 Å². The number of nitrogens with zero attached hydrogens (tertiary/aromatic N) is 3. The third-order valence-corrected chi connectivity index (χ3v) is 2.47. The van der Waals surface area contributed by atoms with Crippen LogP contribution in [0.1, 0.15) is 12.6 Å². The van der Waals surface area contributed by atoms with Gasteiger partial charge in [0.1, 0.15) is 0 Å². The normalized spacial score (nSPS) is 11.1. The first-order chi connectivity index (χ1) is 9.16. The molecule has 0 spiro atoms. The molecular weight excluding hydrogens is 244 g/mol. The molecule has 6 heteroatoms. The van der Waals surface area contributed by atoms with Gasteiger partial charge < -0.3 is 0 Å². The molecule has 96 valence electrons. The van der Waals surface area contributed by atoms with Crippen LogP contribution in [0.5, 0.6) is 0 Å². The molecule has 2 aromatic rings. The SMILES string of the molecule is CC(=NNc1ccc([N+](=O)[O-])cc1)c1ccccn1. The lowest BCUT2D eigenvalue weighted by Gasteiger charge is -2.02. The van der Waals surface area contributed by atoms with E-state index >= 15 is 0 Å². The van der Waals surface area contributed by atoms with E-state index in [2.05, 4.69) is 15.5 Å². The Bertz CT molecular complexity index is 594. The Kier molecular flexibility index (Phi) is 3.82. The minimum Gasteiger partial charge on any atom is -0.278 e. The molecular formula is C13H12N4O2. The molecule has 0 saturated carbocycles. The van der Waals surface area contributed by atoms with E-state index in [1.54, 1.807) is 18.3 Å². The number of non-ortho nitro benzene ring substituents is 1. The van der Waals surface area contributed by atoms with Gasteiger partial charge in [-0.1, -0.05) is 6.07 Å². The van der Waals surface area contributed by atoms with E-state index in [9.17, 15) is 10.1 Å². The highest BCUT2D eigenvalue weighted by Crippen LogP contribution is 2.15. The maximum absolute atomic E-state index is 10.5. The van der Waals surface area contributed by atoms with E-state index in [1.807, 2.05) is 25.1 Å². The van der Waals surface area contributed by atoms with Crippen molar-refractivity contribution < 1.29 is 4.92 Å². The number of rotatable bonds is 4. The zero-order valence-corrected chi connectivity index (χ0v) is 10.3. The summed E-state index contributed by atoms with van der Waals surface area (Å²) in [6.45, 7) is 1.83. The molecule has 0 aliphatic heterocycles. The van der Waals surface area contributed by atoms with Crippen molar-refractivity contribution in [3.8, 4) is 0 Å². The number of aromatic nitrogens is 1. The van der Waals surface area contributed by atoms with Gasteiger partial charge in [0, 0.05) is 18.3 Å². The van der Waals surface area contributed by atoms with Crippen LogP contribution in [0.3, 0.4) is 0 Å². The number of hydrogen-bond acceptors (Lipinski definition) is 5. The molecule has 0 fully saturated rings. The van der Waals surface area contributed by atoms with Crippen LogP contribution in [0, 0.1) is 10.1 Å².